The fraction of sp³-hybridized carbons (Fsp3) is 0.375. The fourth-order valence-electron chi connectivity index (χ4n) is 0.964. The smallest absolute Gasteiger partial charge is 0.270 e. The van der Waals surface area contributed by atoms with Gasteiger partial charge in [-0.25, -0.2) is 13.8 Å². The summed E-state index contributed by atoms with van der Waals surface area (Å²) in [5, 5.41) is 0. The number of rotatable bonds is 3. The molecule has 0 aromatic carbocycles. The molecule has 0 bridgehead atoms. The van der Waals surface area contributed by atoms with Crippen molar-refractivity contribution in [2.75, 3.05) is 14.2 Å². The molecule has 14 heavy (non-hydrogen) atoms. The molecule has 0 aliphatic rings. The van der Waals surface area contributed by atoms with Crippen LogP contribution in [-0.4, -0.2) is 19.2 Å². The molecule has 1 rings (SSSR count). The van der Waals surface area contributed by atoms with Gasteiger partial charge in [-0.05, 0) is 15.9 Å². The SMILES string of the molecule is COc1cnc(OC)c(C(F)F)c1Br. The highest BCUT2D eigenvalue weighted by Crippen LogP contribution is 2.38. The van der Waals surface area contributed by atoms with Crippen LogP contribution in [0.3, 0.4) is 0 Å². The van der Waals surface area contributed by atoms with E-state index in [0.717, 1.165) is 0 Å². The van der Waals surface area contributed by atoms with Gasteiger partial charge in [0, 0.05) is 0 Å². The van der Waals surface area contributed by atoms with Crippen molar-refractivity contribution in [1.82, 2.24) is 4.98 Å². The first kappa shape index (κ1) is 11.2. The second-order valence-corrected chi connectivity index (χ2v) is 3.16. The van der Waals surface area contributed by atoms with Crippen LogP contribution in [0.15, 0.2) is 10.7 Å². The lowest BCUT2D eigenvalue weighted by Gasteiger charge is -2.11. The van der Waals surface area contributed by atoms with E-state index < -0.39 is 6.43 Å². The number of methoxy groups -OCH3 is 2. The van der Waals surface area contributed by atoms with Crippen LogP contribution in [0.5, 0.6) is 11.6 Å². The average Bonchev–Trinajstić information content (AvgIpc) is 2.16. The summed E-state index contributed by atoms with van der Waals surface area (Å²) in [6.45, 7) is 0. The first-order valence-corrected chi connectivity index (χ1v) is 4.45. The van der Waals surface area contributed by atoms with Gasteiger partial charge in [-0.15, -0.1) is 0 Å². The summed E-state index contributed by atoms with van der Waals surface area (Å²) in [4.78, 5) is 3.69. The van der Waals surface area contributed by atoms with Gasteiger partial charge < -0.3 is 9.47 Å². The van der Waals surface area contributed by atoms with Crippen LogP contribution in [-0.2, 0) is 0 Å². The minimum Gasteiger partial charge on any atom is -0.494 e. The molecule has 0 saturated heterocycles. The van der Waals surface area contributed by atoms with Gasteiger partial charge in [-0.2, -0.15) is 0 Å². The van der Waals surface area contributed by atoms with Gasteiger partial charge in [0.1, 0.15) is 0 Å². The van der Waals surface area contributed by atoms with Crippen molar-refractivity contribution < 1.29 is 18.3 Å². The number of aromatic nitrogens is 1. The van der Waals surface area contributed by atoms with Crippen LogP contribution < -0.4 is 9.47 Å². The van der Waals surface area contributed by atoms with Crippen LogP contribution in [0, 0.1) is 0 Å². The molecule has 0 saturated carbocycles. The quantitative estimate of drug-likeness (QED) is 0.844. The Labute approximate surface area is 88.2 Å². The van der Waals surface area contributed by atoms with E-state index in [1.54, 1.807) is 0 Å². The highest BCUT2D eigenvalue weighted by molar-refractivity contribution is 9.10. The Morgan fingerprint density at radius 1 is 1.36 bits per heavy atom. The molecule has 0 aliphatic carbocycles. The second-order valence-electron chi connectivity index (χ2n) is 2.36. The Kier molecular flexibility index (Phi) is 3.62. The van der Waals surface area contributed by atoms with E-state index in [4.69, 9.17) is 9.47 Å². The fourth-order valence-corrected chi connectivity index (χ4v) is 1.57. The van der Waals surface area contributed by atoms with Gasteiger partial charge >= 0.3 is 0 Å². The number of halogens is 3. The van der Waals surface area contributed by atoms with Gasteiger partial charge in [-0.1, -0.05) is 0 Å². The third kappa shape index (κ3) is 1.95. The molecule has 0 aliphatic heterocycles. The summed E-state index contributed by atoms with van der Waals surface area (Å²) >= 11 is 3.01. The Balaban J connectivity index is 3.31. The molecular weight excluding hydrogens is 260 g/mol. The van der Waals surface area contributed by atoms with Crippen molar-refractivity contribution in [2.24, 2.45) is 0 Å². The standard InChI is InChI=1S/C8H8BrF2NO2/c1-13-4-3-12-8(14-2)5(6(4)9)7(10)11/h3,7H,1-2H3. The van der Waals surface area contributed by atoms with Crippen molar-refractivity contribution >= 4 is 15.9 Å². The Bertz CT molecular complexity index is 333. The molecular formula is C8H8BrF2NO2. The van der Waals surface area contributed by atoms with Gasteiger partial charge in [0.25, 0.3) is 6.43 Å². The van der Waals surface area contributed by atoms with E-state index in [9.17, 15) is 8.78 Å². The van der Waals surface area contributed by atoms with Gasteiger partial charge in [0.05, 0.1) is 30.5 Å². The first-order chi connectivity index (χ1) is 6.61. The Hall–Kier alpha value is -0.910. The van der Waals surface area contributed by atoms with Crippen LogP contribution in [0.25, 0.3) is 0 Å². The summed E-state index contributed by atoms with van der Waals surface area (Å²) in [6, 6.07) is 0. The van der Waals surface area contributed by atoms with E-state index >= 15 is 0 Å². The van der Waals surface area contributed by atoms with Crippen molar-refractivity contribution in [2.45, 2.75) is 6.43 Å². The molecule has 3 nitrogen and oxygen atoms in total. The predicted molar refractivity (Wildman–Crippen MR) is 50.0 cm³/mol. The maximum atomic E-state index is 12.6. The van der Waals surface area contributed by atoms with Crippen LogP contribution in [0.1, 0.15) is 12.0 Å². The average molecular weight is 268 g/mol. The normalized spacial score (nSPS) is 10.4. The van der Waals surface area contributed by atoms with E-state index in [0.29, 0.717) is 0 Å². The molecule has 0 spiro atoms. The zero-order valence-electron chi connectivity index (χ0n) is 7.55. The zero-order chi connectivity index (χ0) is 10.7. The molecule has 0 unspecified atom stereocenters. The second kappa shape index (κ2) is 4.54. The summed E-state index contributed by atoms with van der Waals surface area (Å²) in [6.07, 6.45) is -1.35. The minimum absolute atomic E-state index is 0.104. The molecule has 6 heteroatoms. The van der Waals surface area contributed by atoms with Gasteiger partial charge in [0.15, 0.2) is 5.75 Å². The molecule has 1 heterocycles. The molecule has 78 valence electrons. The highest BCUT2D eigenvalue weighted by atomic mass is 79.9. The van der Waals surface area contributed by atoms with Crippen LogP contribution >= 0.6 is 15.9 Å². The Morgan fingerprint density at radius 3 is 2.43 bits per heavy atom. The number of pyridine rings is 1. The van der Waals surface area contributed by atoms with Gasteiger partial charge in [0.2, 0.25) is 5.88 Å². The van der Waals surface area contributed by atoms with E-state index in [1.807, 2.05) is 0 Å². The molecule has 0 atom stereocenters. The number of ether oxygens (including phenoxy) is 2. The number of alkyl halides is 2. The highest BCUT2D eigenvalue weighted by Gasteiger charge is 2.22. The van der Waals surface area contributed by atoms with Crippen molar-refractivity contribution in [3.8, 4) is 11.6 Å². The Morgan fingerprint density at radius 2 is 2.00 bits per heavy atom. The molecule has 0 radical (unpaired) electrons. The molecule has 0 fully saturated rings. The van der Waals surface area contributed by atoms with Crippen molar-refractivity contribution in [1.29, 1.82) is 0 Å². The van der Waals surface area contributed by atoms with E-state index in [-0.39, 0.29) is 21.7 Å². The topological polar surface area (TPSA) is 31.4 Å². The lowest BCUT2D eigenvalue weighted by Crippen LogP contribution is -1.99. The van der Waals surface area contributed by atoms with Gasteiger partial charge in [-0.3, -0.25) is 0 Å². The van der Waals surface area contributed by atoms with Crippen molar-refractivity contribution in [3.63, 3.8) is 0 Å². The van der Waals surface area contributed by atoms with Crippen LogP contribution in [0.4, 0.5) is 8.78 Å². The summed E-state index contributed by atoms with van der Waals surface area (Å²) in [5.74, 6) is 0.147. The molecule has 0 amide bonds. The molecule has 1 aromatic rings. The first-order valence-electron chi connectivity index (χ1n) is 3.66. The summed E-state index contributed by atoms with van der Waals surface area (Å²) in [5.41, 5.74) is -0.299. The zero-order valence-corrected chi connectivity index (χ0v) is 9.14. The number of hydrogen-bond acceptors (Lipinski definition) is 3. The predicted octanol–water partition coefficient (Wildman–Crippen LogP) is 2.80. The third-order valence-electron chi connectivity index (χ3n) is 1.61. The van der Waals surface area contributed by atoms with Crippen molar-refractivity contribution in [3.05, 3.63) is 16.2 Å². The number of hydrogen-bond donors (Lipinski definition) is 0. The summed E-state index contributed by atoms with van der Waals surface area (Å²) < 4.78 is 34.9. The number of nitrogens with zero attached hydrogens (tertiary/aromatic N) is 1. The largest absolute Gasteiger partial charge is 0.494 e. The van der Waals surface area contributed by atoms with E-state index in [1.165, 1.54) is 20.4 Å². The molecule has 0 N–H and O–H groups in total. The maximum absolute atomic E-state index is 12.6. The molecule has 1 aromatic heterocycles. The maximum Gasteiger partial charge on any atom is 0.270 e. The minimum atomic E-state index is -2.66. The third-order valence-corrected chi connectivity index (χ3v) is 2.43. The lowest BCUT2D eigenvalue weighted by atomic mass is 10.2. The monoisotopic (exact) mass is 267 g/mol. The van der Waals surface area contributed by atoms with Crippen LogP contribution in [0.2, 0.25) is 0 Å². The van der Waals surface area contributed by atoms with E-state index in [2.05, 4.69) is 20.9 Å². The summed E-state index contributed by atoms with van der Waals surface area (Å²) in [7, 11) is 2.66. The lowest BCUT2D eigenvalue weighted by molar-refractivity contribution is 0.144.